The highest BCUT2D eigenvalue weighted by Crippen LogP contribution is 2.17. The van der Waals surface area contributed by atoms with Crippen molar-refractivity contribution in [1.82, 2.24) is 20.5 Å². The number of aromatic nitrogens is 3. The molecule has 0 saturated heterocycles. The molecule has 0 aliphatic heterocycles. The van der Waals surface area contributed by atoms with Crippen molar-refractivity contribution in [2.45, 2.75) is 50.2 Å². The van der Waals surface area contributed by atoms with Gasteiger partial charge in [-0.2, -0.15) is 0 Å². The highest BCUT2D eigenvalue weighted by atomic mass is 32.2. The topological polar surface area (TPSA) is 70.7 Å². The zero-order valence-corrected chi connectivity index (χ0v) is 12.0. The summed E-state index contributed by atoms with van der Waals surface area (Å²) in [6, 6.07) is 0.340. The Morgan fingerprint density at radius 3 is 3.00 bits per heavy atom. The molecule has 5 nitrogen and oxygen atoms in total. The fraction of sp³-hybridized carbons (Fsp3) is 0.615. The standard InChI is InChI=1S/C13H20N4OS/c1-2-19-13-15-11(16-17-13)8-9-12(18)14-10-6-4-3-5-7-10/h8-10H,2-7H2,1H3,(H,14,18)(H,15,16,17)/b9-8-. The Balaban J connectivity index is 1.81. The summed E-state index contributed by atoms with van der Waals surface area (Å²) in [7, 11) is 0. The maximum Gasteiger partial charge on any atom is 0.244 e. The van der Waals surface area contributed by atoms with Gasteiger partial charge < -0.3 is 5.32 Å². The van der Waals surface area contributed by atoms with Gasteiger partial charge >= 0.3 is 0 Å². The highest BCUT2D eigenvalue weighted by molar-refractivity contribution is 7.99. The number of nitrogens with one attached hydrogen (secondary N) is 2. The van der Waals surface area contributed by atoms with Crippen LogP contribution in [0.5, 0.6) is 0 Å². The number of carbonyl (C=O) groups is 1. The van der Waals surface area contributed by atoms with Gasteiger partial charge in [0.2, 0.25) is 11.1 Å². The van der Waals surface area contributed by atoms with E-state index >= 15 is 0 Å². The van der Waals surface area contributed by atoms with Gasteiger partial charge in [0.05, 0.1) is 0 Å². The minimum atomic E-state index is -0.0482. The molecule has 0 radical (unpaired) electrons. The smallest absolute Gasteiger partial charge is 0.244 e. The van der Waals surface area contributed by atoms with Gasteiger partial charge in [-0.15, -0.1) is 5.10 Å². The summed E-state index contributed by atoms with van der Waals surface area (Å²) < 4.78 is 0. The monoisotopic (exact) mass is 280 g/mol. The number of carbonyl (C=O) groups excluding carboxylic acids is 1. The second-order valence-electron chi connectivity index (χ2n) is 4.61. The van der Waals surface area contributed by atoms with Gasteiger partial charge in [-0.25, -0.2) is 4.98 Å². The largest absolute Gasteiger partial charge is 0.350 e. The number of hydrogen-bond donors (Lipinski definition) is 2. The molecule has 1 aliphatic carbocycles. The highest BCUT2D eigenvalue weighted by Gasteiger charge is 2.14. The van der Waals surface area contributed by atoms with E-state index in [4.69, 9.17) is 0 Å². The number of thioether (sulfide) groups is 1. The molecule has 0 spiro atoms. The Morgan fingerprint density at radius 1 is 1.47 bits per heavy atom. The van der Waals surface area contributed by atoms with Gasteiger partial charge in [-0.05, 0) is 24.7 Å². The second kappa shape index (κ2) is 7.33. The van der Waals surface area contributed by atoms with Crippen molar-refractivity contribution in [3.8, 4) is 0 Å². The SMILES string of the molecule is CCSc1n[nH]c(/C=C\C(=O)NC2CCCCC2)n1. The maximum absolute atomic E-state index is 11.8. The van der Waals surface area contributed by atoms with Crippen LogP contribution in [-0.2, 0) is 4.79 Å². The molecule has 1 amide bonds. The van der Waals surface area contributed by atoms with Crippen molar-refractivity contribution in [3.05, 3.63) is 11.9 Å². The Bertz CT molecular complexity index is 438. The van der Waals surface area contributed by atoms with Crippen LogP contribution in [0.25, 0.3) is 6.08 Å². The summed E-state index contributed by atoms with van der Waals surface area (Å²) in [6.45, 7) is 2.05. The summed E-state index contributed by atoms with van der Waals surface area (Å²) in [5, 5.41) is 10.6. The number of aromatic amines is 1. The molecule has 0 aromatic carbocycles. The van der Waals surface area contributed by atoms with Crippen LogP contribution in [0.15, 0.2) is 11.2 Å². The first kappa shape index (κ1) is 14.1. The third kappa shape index (κ3) is 4.70. The second-order valence-corrected chi connectivity index (χ2v) is 5.84. The molecule has 0 atom stereocenters. The molecule has 1 fully saturated rings. The third-order valence-electron chi connectivity index (χ3n) is 3.10. The zero-order valence-electron chi connectivity index (χ0n) is 11.2. The molecule has 1 saturated carbocycles. The fourth-order valence-electron chi connectivity index (χ4n) is 2.18. The van der Waals surface area contributed by atoms with Crippen LogP contribution >= 0.6 is 11.8 Å². The summed E-state index contributed by atoms with van der Waals surface area (Å²) in [6.07, 6.45) is 9.11. The zero-order chi connectivity index (χ0) is 13.5. The lowest BCUT2D eigenvalue weighted by atomic mass is 9.95. The summed E-state index contributed by atoms with van der Waals surface area (Å²) in [4.78, 5) is 16.0. The minimum Gasteiger partial charge on any atom is -0.350 e. The molecule has 1 aliphatic rings. The molecule has 19 heavy (non-hydrogen) atoms. The first-order valence-corrected chi connectivity index (χ1v) is 7.80. The fourth-order valence-corrected chi connectivity index (χ4v) is 2.71. The molecule has 1 aromatic heterocycles. The van der Waals surface area contributed by atoms with E-state index in [2.05, 4.69) is 20.5 Å². The minimum absolute atomic E-state index is 0.0482. The van der Waals surface area contributed by atoms with E-state index < -0.39 is 0 Å². The van der Waals surface area contributed by atoms with E-state index in [9.17, 15) is 4.79 Å². The summed E-state index contributed by atoms with van der Waals surface area (Å²) in [5.41, 5.74) is 0. The van der Waals surface area contributed by atoms with Crippen molar-refractivity contribution >= 4 is 23.7 Å². The molecule has 1 aromatic rings. The van der Waals surface area contributed by atoms with Crippen LogP contribution in [0.4, 0.5) is 0 Å². The van der Waals surface area contributed by atoms with E-state index in [1.807, 2.05) is 6.92 Å². The Morgan fingerprint density at radius 2 is 2.26 bits per heavy atom. The lowest BCUT2D eigenvalue weighted by Gasteiger charge is -2.21. The normalized spacial score (nSPS) is 16.9. The van der Waals surface area contributed by atoms with E-state index in [-0.39, 0.29) is 5.91 Å². The molecule has 2 rings (SSSR count). The van der Waals surface area contributed by atoms with Gasteiger partial charge in [0.1, 0.15) is 5.82 Å². The lowest BCUT2D eigenvalue weighted by Crippen LogP contribution is -2.34. The van der Waals surface area contributed by atoms with E-state index in [0.29, 0.717) is 11.9 Å². The first-order valence-electron chi connectivity index (χ1n) is 6.81. The molecule has 0 bridgehead atoms. The Labute approximate surface area is 117 Å². The van der Waals surface area contributed by atoms with Crippen LogP contribution in [0.3, 0.4) is 0 Å². The number of rotatable bonds is 5. The lowest BCUT2D eigenvalue weighted by molar-refractivity contribution is -0.117. The van der Waals surface area contributed by atoms with Crippen LogP contribution in [0.2, 0.25) is 0 Å². The molecular formula is C13H20N4OS. The van der Waals surface area contributed by atoms with Gasteiger partial charge in [-0.1, -0.05) is 37.9 Å². The third-order valence-corrected chi connectivity index (χ3v) is 3.83. The molecule has 6 heteroatoms. The van der Waals surface area contributed by atoms with Gasteiger partial charge in [0, 0.05) is 12.1 Å². The van der Waals surface area contributed by atoms with Gasteiger partial charge in [0.15, 0.2) is 0 Å². The van der Waals surface area contributed by atoms with E-state index in [1.54, 1.807) is 17.8 Å². The number of hydrogen-bond acceptors (Lipinski definition) is 4. The van der Waals surface area contributed by atoms with E-state index in [0.717, 1.165) is 23.8 Å². The number of amides is 1. The first-order chi connectivity index (χ1) is 9.28. The molecule has 1 heterocycles. The maximum atomic E-state index is 11.8. The van der Waals surface area contributed by atoms with Gasteiger partial charge in [-0.3, -0.25) is 9.89 Å². The van der Waals surface area contributed by atoms with E-state index in [1.165, 1.54) is 25.3 Å². The average molecular weight is 280 g/mol. The molecular weight excluding hydrogens is 260 g/mol. The van der Waals surface area contributed by atoms with Gasteiger partial charge in [0.25, 0.3) is 0 Å². The predicted octanol–water partition coefficient (Wildman–Crippen LogP) is 2.38. The van der Waals surface area contributed by atoms with Crippen LogP contribution in [0, 0.1) is 0 Å². The number of H-pyrrole nitrogens is 1. The Hall–Kier alpha value is -1.30. The quantitative estimate of drug-likeness (QED) is 0.641. The van der Waals surface area contributed by atoms with Crippen molar-refractivity contribution in [3.63, 3.8) is 0 Å². The van der Waals surface area contributed by atoms with Crippen molar-refractivity contribution in [2.24, 2.45) is 0 Å². The molecule has 2 N–H and O–H groups in total. The summed E-state index contributed by atoms with van der Waals surface area (Å²) in [5.74, 6) is 1.51. The van der Waals surface area contributed by atoms with Crippen LogP contribution in [0.1, 0.15) is 44.9 Å². The van der Waals surface area contributed by atoms with Crippen molar-refractivity contribution in [2.75, 3.05) is 5.75 Å². The predicted molar refractivity (Wildman–Crippen MR) is 76.8 cm³/mol. The van der Waals surface area contributed by atoms with Crippen molar-refractivity contribution in [1.29, 1.82) is 0 Å². The Kier molecular flexibility index (Phi) is 5.44. The molecule has 104 valence electrons. The average Bonchev–Trinajstić information content (AvgIpc) is 2.86. The number of nitrogens with zero attached hydrogens (tertiary/aromatic N) is 2. The van der Waals surface area contributed by atoms with Crippen LogP contribution < -0.4 is 5.32 Å². The van der Waals surface area contributed by atoms with Crippen LogP contribution in [-0.4, -0.2) is 32.9 Å². The van der Waals surface area contributed by atoms with Crippen molar-refractivity contribution < 1.29 is 4.79 Å². The summed E-state index contributed by atoms with van der Waals surface area (Å²) >= 11 is 1.57. The molecule has 0 unspecified atom stereocenters.